The summed E-state index contributed by atoms with van der Waals surface area (Å²) in [5.74, 6) is -0.938. The summed E-state index contributed by atoms with van der Waals surface area (Å²) in [6, 6.07) is 0. The summed E-state index contributed by atoms with van der Waals surface area (Å²) in [6.45, 7) is 2.55. The molecule has 2 fully saturated rings. The molecule has 0 amide bonds. The topological polar surface area (TPSA) is 231 Å². The predicted molar refractivity (Wildman–Crippen MR) is 243 cm³/mol. The van der Waals surface area contributed by atoms with E-state index in [0.29, 0.717) is 12.8 Å². The molecule has 0 bridgehead atoms. The predicted octanol–water partition coefficient (Wildman–Crippen LogP) is 6.38. The largest absolute Gasteiger partial charge is 0.462 e. The van der Waals surface area contributed by atoms with Crippen molar-refractivity contribution < 1.29 is 73.8 Å². The van der Waals surface area contributed by atoms with Gasteiger partial charge in [-0.2, -0.15) is 0 Å². The number of allylic oxidation sites excluding steroid dienone is 4. The first-order valence-electron chi connectivity index (χ1n) is 24.9. The van der Waals surface area contributed by atoms with Gasteiger partial charge in [0.2, 0.25) is 0 Å². The van der Waals surface area contributed by atoms with Gasteiger partial charge in [-0.25, -0.2) is 0 Å². The molecule has 7 N–H and O–H groups in total. The number of aliphatic hydroxyl groups is 7. The summed E-state index contributed by atoms with van der Waals surface area (Å²) in [5, 5.41) is 72.0. The van der Waals surface area contributed by atoms with E-state index in [2.05, 4.69) is 38.2 Å². The van der Waals surface area contributed by atoms with Crippen LogP contribution in [0.5, 0.6) is 0 Å². The van der Waals surface area contributed by atoms with Gasteiger partial charge in [-0.1, -0.05) is 154 Å². The first-order valence-corrected chi connectivity index (χ1v) is 24.9. The van der Waals surface area contributed by atoms with Crippen LogP contribution in [0.3, 0.4) is 0 Å². The van der Waals surface area contributed by atoms with Gasteiger partial charge in [-0.3, -0.25) is 9.59 Å². The molecule has 4 unspecified atom stereocenters. The summed E-state index contributed by atoms with van der Waals surface area (Å²) in [7, 11) is 0. The molecule has 0 spiro atoms. The lowest BCUT2D eigenvalue weighted by molar-refractivity contribution is -0.332. The van der Waals surface area contributed by atoms with Crippen molar-refractivity contribution >= 4 is 11.9 Å². The highest BCUT2D eigenvalue weighted by molar-refractivity contribution is 5.70. The molecule has 2 saturated heterocycles. The Hall–Kier alpha value is -2.02. The minimum absolute atomic E-state index is 0.165. The second kappa shape index (κ2) is 37.0. The summed E-state index contributed by atoms with van der Waals surface area (Å²) in [5.41, 5.74) is 0. The van der Waals surface area contributed by atoms with Gasteiger partial charge in [0.1, 0.15) is 55.4 Å². The maximum absolute atomic E-state index is 13.0. The van der Waals surface area contributed by atoms with Crippen molar-refractivity contribution in [2.45, 2.75) is 248 Å². The number of ether oxygens (including phenoxy) is 6. The van der Waals surface area contributed by atoms with E-state index in [4.69, 9.17) is 28.4 Å². The Balaban J connectivity index is 1.83. The normalized spacial score (nSPS) is 26.8. The molecule has 2 aliphatic rings. The summed E-state index contributed by atoms with van der Waals surface area (Å²) in [4.78, 5) is 25.7. The number of hydrogen-bond acceptors (Lipinski definition) is 15. The molecule has 2 rings (SSSR count). The maximum Gasteiger partial charge on any atom is 0.306 e. The van der Waals surface area contributed by atoms with Crippen LogP contribution in [0, 0.1) is 0 Å². The van der Waals surface area contributed by atoms with Crippen molar-refractivity contribution in [1.29, 1.82) is 0 Å². The smallest absolute Gasteiger partial charge is 0.306 e. The number of aliphatic hydroxyl groups excluding tert-OH is 7. The number of rotatable bonds is 38. The van der Waals surface area contributed by atoms with Crippen LogP contribution in [0.2, 0.25) is 0 Å². The van der Waals surface area contributed by atoms with Gasteiger partial charge in [0.25, 0.3) is 0 Å². The molecule has 2 heterocycles. The molecule has 2 aliphatic heterocycles. The van der Waals surface area contributed by atoms with E-state index in [1.54, 1.807) is 0 Å². The zero-order chi connectivity index (χ0) is 46.8. The average molecular weight is 917 g/mol. The molecule has 15 heteroatoms. The summed E-state index contributed by atoms with van der Waals surface area (Å²) in [6.07, 6.45) is 19.2. The molecule has 0 aromatic rings. The van der Waals surface area contributed by atoms with Crippen LogP contribution in [0.25, 0.3) is 0 Å². The minimum Gasteiger partial charge on any atom is -0.462 e. The number of unbranched alkanes of at least 4 members (excludes halogenated alkanes) is 21. The first kappa shape index (κ1) is 58.1. The highest BCUT2D eigenvalue weighted by Gasteiger charge is 2.47. The quantitative estimate of drug-likeness (QED) is 0.0203. The van der Waals surface area contributed by atoms with Gasteiger partial charge in [0, 0.05) is 12.8 Å². The van der Waals surface area contributed by atoms with Crippen LogP contribution in [-0.2, 0) is 38.0 Å². The minimum atomic E-state index is -1.76. The van der Waals surface area contributed by atoms with E-state index < -0.39 is 92.7 Å². The molecule has 0 aromatic heterocycles. The fourth-order valence-corrected chi connectivity index (χ4v) is 7.80. The molecule has 0 aromatic carbocycles. The third-order valence-electron chi connectivity index (χ3n) is 12.0. The zero-order valence-corrected chi connectivity index (χ0v) is 39.3. The second-order valence-electron chi connectivity index (χ2n) is 17.7. The van der Waals surface area contributed by atoms with Crippen molar-refractivity contribution in [3.8, 4) is 0 Å². The van der Waals surface area contributed by atoms with Gasteiger partial charge < -0.3 is 64.2 Å². The lowest BCUT2D eigenvalue weighted by Gasteiger charge is -2.42. The van der Waals surface area contributed by atoms with E-state index in [1.807, 2.05) is 0 Å². The standard InChI is InChI=1S/C49H88O15/c1-3-5-7-9-11-13-15-17-18-20-21-23-25-27-29-31-40(51)59-34-37(62-41(52)32-30-28-26-24-22-19-16-14-12-10-8-6-4-2)35-60-48-47(58)45(56)43(54)39(64-48)36-61-49-46(57)44(55)42(53)38(33-50)63-49/h13,15,17-18,37-39,42-50,53-58H,3-12,14,16,19-36H2,1-2H3/b15-13+,18-17+/t37-,38-,39-,42+,43+,44?,45?,46?,47?,48-,49-/m1/s1. The third kappa shape index (κ3) is 25.2. The molecular formula is C49H88O15. The molecule has 0 aliphatic carbocycles. The van der Waals surface area contributed by atoms with Crippen LogP contribution < -0.4 is 0 Å². The van der Waals surface area contributed by atoms with Crippen LogP contribution in [-0.4, -0.2) is 142 Å². The van der Waals surface area contributed by atoms with Gasteiger partial charge in [-0.15, -0.1) is 0 Å². The van der Waals surface area contributed by atoms with Crippen LogP contribution >= 0.6 is 0 Å². The number of carbonyl (C=O) groups excluding carboxylic acids is 2. The van der Waals surface area contributed by atoms with Gasteiger partial charge in [0.05, 0.1) is 19.8 Å². The summed E-state index contributed by atoms with van der Waals surface area (Å²) >= 11 is 0. The Kier molecular flexibility index (Phi) is 33.6. The van der Waals surface area contributed by atoms with Gasteiger partial charge >= 0.3 is 11.9 Å². The Labute approximate surface area is 383 Å². The maximum atomic E-state index is 13.0. The Morgan fingerprint density at radius 3 is 1.44 bits per heavy atom. The first-order chi connectivity index (χ1) is 31.0. The summed E-state index contributed by atoms with van der Waals surface area (Å²) < 4.78 is 33.5. The van der Waals surface area contributed by atoms with Crippen molar-refractivity contribution in [1.82, 2.24) is 0 Å². The monoisotopic (exact) mass is 917 g/mol. The van der Waals surface area contributed by atoms with E-state index in [-0.39, 0.29) is 26.1 Å². The molecule has 64 heavy (non-hydrogen) atoms. The molecule has 11 atom stereocenters. The SMILES string of the molecule is CCCCCC/C=C/C=C/CCCCCCCC(=O)OC[C@H](CO[C@@H]1O[C@H](CO[C@@H]2O[C@H](CO)[C@H](O)C(O)C2O)[C@H](O)C(O)C1O)OC(=O)CCCCCCCCCCCCCCC. The average Bonchev–Trinajstić information content (AvgIpc) is 3.29. The Morgan fingerprint density at radius 2 is 0.922 bits per heavy atom. The van der Waals surface area contributed by atoms with Gasteiger partial charge in [0.15, 0.2) is 18.7 Å². The fourth-order valence-electron chi connectivity index (χ4n) is 7.80. The number of hydrogen-bond donors (Lipinski definition) is 7. The fraction of sp³-hybridized carbons (Fsp3) is 0.878. The zero-order valence-electron chi connectivity index (χ0n) is 39.3. The lowest BCUT2D eigenvalue weighted by Crippen LogP contribution is -2.61. The Bertz CT molecular complexity index is 1220. The van der Waals surface area contributed by atoms with Crippen LogP contribution in [0.15, 0.2) is 24.3 Å². The van der Waals surface area contributed by atoms with E-state index in [1.165, 1.54) is 83.5 Å². The molecular weight excluding hydrogens is 829 g/mol. The lowest BCUT2D eigenvalue weighted by atomic mass is 9.98. The van der Waals surface area contributed by atoms with E-state index in [0.717, 1.165) is 57.8 Å². The van der Waals surface area contributed by atoms with Crippen molar-refractivity contribution in [2.75, 3.05) is 26.4 Å². The molecule has 15 nitrogen and oxygen atoms in total. The number of carbonyl (C=O) groups is 2. The van der Waals surface area contributed by atoms with E-state index in [9.17, 15) is 45.3 Å². The number of esters is 2. The van der Waals surface area contributed by atoms with E-state index >= 15 is 0 Å². The third-order valence-corrected chi connectivity index (χ3v) is 12.0. The highest BCUT2D eigenvalue weighted by Crippen LogP contribution is 2.26. The van der Waals surface area contributed by atoms with Crippen molar-refractivity contribution in [2.24, 2.45) is 0 Å². The van der Waals surface area contributed by atoms with Crippen molar-refractivity contribution in [3.05, 3.63) is 24.3 Å². The molecule has 0 saturated carbocycles. The Morgan fingerprint density at radius 1 is 0.500 bits per heavy atom. The molecule has 374 valence electrons. The van der Waals surface area contributed by atoms with Gasteiger partial charge in [-0.05, 0) is 38.5 Å². The highest BCUT2D eigenvalue weighted by atomic mass is 16.7. The molecule has 0 radical (unpaired) electrons. The van der Waals surface area contributed by atoms with Crippen LogP contribution in [0.4, 0.5) is 0 Å². The van der Waals surface area contributed by atoms with Crippen molar-refractivity contribution in [3.63, 3.8) is 0 Å². The second-order valence-corrected chi connectivity index (χ2v) is 17.7. The van der Waals surface area contributed by atoms with Crippen LogP contribution in [0.1, 0.15) is 181 Å².